The van der Waals surface area contributed by atoms with E-state index in [1.165, 1.54) is 0 Å². The first-order chi connectivity index (χ1) is 7.79. The molecule has 1 aromatic rings. The van der Waals surface area contributed by atoms with Crippen LogP contribution in [0.25, 0.3) is 0 Å². The topological polar surface area (TPSA) is 38.3 Å². The van der Waals surface area contributed by atoms with E-state index < -0.39 is 11.7 Å². The third kappa shape index (κ3) is 4.77. The molecule has 0 fully saturated rings. The molecule has 0 aliphatic heterocycles. The summed E-state index contributed by atoms with van der Waals surface area (Å²) < 4.78 is 6.17. The Morgan fingerprint density at radius 2 is 2.06 bits per heavy atom. The largest absolute Gasteiger partial charge is 0.444 e. The Morgan fingerprint density at radius 3 is 2.59 bits per heavy atom. The molecule has 0 aromatic heterocycles. The van der Waals surface area contributed by atoms with Gasteiger partial charge in [-0.05, 0) is 44.9 Å². The van der Waals surface area contributed by atoms with E-state index >= 15 is 0 Å². The van der Waals surface area contributed by atoms with E-state index in [-0.39, 0.29) is 0 Å². The second kappa shape index (κ2) is 5.54. The van der Waals surface area contributed by atoms with Crippen molar-refractivity contribution >= 4 is 22.0 Å². The predicted octanol–water partition coefficient (Wildman–Crippen LogP) is 3.78. The molecule has 1 rings (SSSR count). The van der Waals surface area contributed by atoms with Crippen molar-refractivity contribution in [3.05, 3.63) is 33.8 Å². The molecule has 0 aliphatic rings. The minimum Gasteiger partial charge on any atom is -0.444 e. The first-order valence-corrected chi connectivity index (χ1v) is 6.30. The van der Waals surface area contributed by atoms with Gasteiger partial charge in [-0.25, -0.2) is 4.79 Å². The molecule has 0 atom stereocenters. The van der Waals surface area contributed by atoms with Gasteiger partial charge in [0.2, 0.25) is 0 Å². The van der Waals surface area contributed by atoms with Crippen LogP contribution in [0.1, 0.15) is 31.9 Å². The Balaban J connectivity index is 2.59. The lowest BCUT2D eigenvalue weighted by molar-refractivity contribution is 0.0523. The fourth-order valence-electron chi connectivity index (χ4n) is 1.37. The number of ether oxygens (including phenoxy) is 1. The molecule has 0 saturated carbocycles. The second-order valence-corrected chi connectivity index (χ2v) is 5.75. The molecule has 0 heterocycles. The van der Waals surface area contributed by atoms with Gasteiger partial charge in [0.15, 0.2) is 0 Å². The van der Waals surface area contributed by atoms with E-state index in [4.69, 9.17) is 4.74 Å². The summed E-state index contributed by atoms with van der Waals surface area (Å²) in [5, 5.41) is 2.75. The third-order valence-electron chi connectivity index (χ3n) is 2.16. The minimum atomic E-state index is -0.465. The fourth-order valence-corrected chi connectivity index (χ4v) is 1.97. The molecule has 0 aliphatic carbocycles. The van der Waals surface area contributed by atoms with Crippen LogP contribution in [0.5, 0.6) is 0 Å². The number of benzene rings is 1. The van der Waals surface area contributed by atoms with Crippen LogP contribution in [0, 0.1) is 6.92 Å². The van der Waals surface area contributed by atoms with Crippen molar-refractivity contribution in [3.8, 4) is 0 Å². The molecule has 0 bridgehead atoms. The quantitative estimate of drug-likeness (QED) is 0.902. The number of hydrogen-bond acceptors (Lipinski definition) is 2. The summed E-state index contributed by atoms with van der Waals surface area (Å²) in [4.78, 5) is 11.5. The number of carbonyl (C=O) groups excluding carboxylic acids is 1. The smallest absolute Gasteiger partial charge is 0.407 e. The summed E-state index contributed by atoms with van der Waals surface area (Å²) in [6, 6.07) is 5.94. The van der Waals surface area contributed by atoms with Gasteiger partial charge in [0, 0.05) is 11.0 Å². The van der Waals surface area contributed by atoms with Crippen LogP contribution in [0.15, 0.2) is 22.7 Å². The highest BCUT2D eigenvalue weighted by molar-refractivity contribution is 9.10. The SMILES string of the molecule is Cc1cccc(Br)c1CNC(=O)OC(C)(C)C. The van der Waals surface area contributed by atoms with Crippen LogP contribution in [0.4, 0.5) is 4.79 Å². The van der Waals surface area contributed by atoms with E-state index in [0.717, 1.165) is 15.6 Å². The average Bonchev–Trinajstić information content (AvgIpc) is 2.14. The molecule has 1 amide bonds. The zero-order valence-corrected chi connectivity index (χ0v) is 12.2. The summed E-state index contributed by atoms with van der Waals surface area (Å²) in [6.45, 7) is 8.00. The Hall–Kier alpha value is -1.03. The van der Waals surface area contributed by atoms with Crippen LogP contribution < -0.4 is 5.32 Å². The predicted molar refractivity (Wildman–Crippen MR) is 72.0 cm³/mol. The van der Waals surface area contributed by atoms with Crippen LogP contribution >= 0.6 is 15.9 Å². The van der Waals surface area contributed by atoms with Gasteiger partial charge in [-0.2, -0.15) is 0 Å². The lowest BCUT2D eigenvalue weighted by atomic mass is 10.1. The van der Waals surface area contributed by atoms with Crippen molar-refractivity contribution in [1.82, 2.24) is 5.32 Å². The van der Waals surface area contributed by atoms with Gasteiger partial charge in [0.1, 0.15) is 5.60 Å². The molecule has 94 valence electrons. The zero-order valence-electron chi connectivity index (χ0n) is 10.6. The summed E-state index contributed by atoms with van der Waals surface area (Å²) in [7, 11) is 0. The number of carbonyl (C=O) groups is 1. The molecule has 0 radical (unpaired) electrons. The van der Waals surface area contributed by atoms with Crippen molar-refractivity contribution in [2.45, 2.75) is 39.8 Å². The van der Waals surface area contributed by atoms with Gasteiger partial charge in [0.05, 0.1) is 0 Å². The Morgan fingerprint density at radius 1 is 1.41 bits per heavy atom. The van der Waals surface area contributed by atoms with Gasteiger partial charge in [-0.3, -0.25) is 0 Å². The van der Waals surface area contributed by atoms with E-state index in [9.17, 15) is 4.79 Å². The second-order valence-electron chi connectivity index (χ2n) is 4.89. The Bertz CT molecular complexity index is 390. The summed E-state index contributed by atoms with van der Waals surface area (Å²) in [5.74, 6) is 0. The molecular formula is C13H18BrNO2. The highest BCUT2D eigenvalue weighted by Gasteiger charge is 2.16. The number of hydrogen-bond donors (Lipinski definition) is 1. The number of amides is 1. The summed E-state index contributed by atoms with van der Waals surface area (Å²) in [6.07, 6.45) is -0.396. The minimum absolute atomic E-state index is 0.396. The third-order valence-corrected chi connectivity index (χ3v) is 2.90. The number of rotatable bonds is 2. The van der Waals surface area contributed by atoms with Crippen molar-refractivity contribution in [1.29, 1.82) is 0 Å². The monoisotopic (exact) mass is 299 g/mol. The van der Waals surface area contributed by atoms with Gasteiger partial charge < -0.3 is 10.1 Å². The van der Waals surface area contributed by atoms with Crippen LogP contribution in [0.3, 0.4) is 0 Å². The molecule has 0 spiro atoms. The average molecular weight is 300 g/mol. The zero-order chi connectivity index (χ0) is 13.1. The Labute approximate surface area is 111 Å². The number of alkyl carbamates (subject to hydrolysis) is 1. The first-order valence-electron chi connectivity index (χ1n) is 5.50. The summed E-state index contributed by atoms with van der Waals surface area (Å²) in [5.41, 5.74) is 1.74. The molecule has 17 heavy (non-hydrogen) atoms. The van der Waals surface area contributed by atoms with Crippen molar-refractivity contribution < 1.29 is 9.53 Å². The van der Waals surface area contributed by atoms with E-state index in [2.05, 4.69) is 21.2 Å². The van der Waals surface area contributed by atoms with Crippen molar-refractivity contribution in [2.24, 2.45) is 0 Å². The van der Waals surface area contributed by atoms with Gasteiger partial charge >= 0.3 is 6.09 Å². The van der Waals surface area contributed by atoms with Gasteiger partial charge in [0.25, 0.3) is 0 Å². The van der Waals surface area contributed by atoms with Crippen LogP contribution in [0.2, 0.25) is 0 Å². The molecule has 0 unspecified atom stereocenters. The molecule has 3 nitrogen and oxygen atoms in total. The van der Waals surface area contributed by atoms with Crippen molar-refractivity contribution in [2.75, 3.05) is 0 Å². The Kier molecular flexibility index (Phi) is 4.57. The molecule has 4 heteroatoms. The first kappa shape index (κ1) is 14.0. The maximum absolute atomic E-state index is 11.5. The van der Waals surface area contributed by atoms with E-state index in [1.54, 1.807) is 0 Å². The normalized spacial score (nSPS) is 11.1. The number of aryl methyl sites for hydroxylation is 1. The molecular weight excluding hydrogens is 282 g/mol. The highest BCUT2D eigenvalue weighted by atomic mass is 79.9. The van der Waals surface area contributed by atoms with E-state index in [0.29, 0.717) is 6.54 Å². The lowest BCUT2D eigenvalue weighted by Crippen LogP contribution is -2.32. The number of halogens is 1. The molecule has 0 saturated heterocycles. The molecule has 1 aromatic carbocycles. The lowest BCUT2D eigenvalue weighted by Gasteiger charge is -2.20. The van der Waals surface area contributed by atoms with E-state index in [1.807, 2.05) is 45.9 Å². The standard InChI is InChI=1S/C13H18BrNO2/c1-9-6-5-7-11(14)10(9)8-15-12(16)17-13(2,3)4/h5-7H,8H2,1-4H3,(H,15,16). The highest BCUT2D eigenvalue weighted by Crippen LogP contribution is 2.19. The van der Waals surface area contributed by atoms with Gasteiger partial charge in [-0.15, -0.1) is 0 Å². The van der Waals surface area contributed by atoms with Gasteiger partial charge in [-0.1, -0.05) is 28.1 Å². The maximum Gasteiger partial charge on any atom is 0.407 e. The maximum atomic E-state index is 11.5. The molecule has 1 N–H and O–H groups in total. The number of nitrogens with one attached hydrogen (secondary N) is 1. The van der Waals surface area contributed by atoms with Crippen LogP contribution in [-0.2, 0) is 11.3 Å². The summed E-state index contributed by atoms with van der Waals surface area (Å²) >= 11 is 3.47. The van der Waals surface area contributed by atoms with Crippen molar-refractivity contribution in [3.63, 3.8) is 0 Å². The van der Waals surface area contributed by atoms with Crippen LogP contribution in [-0.4, -0.2) is 11.7 Å². The fraction of sp³-hybridized carbons (Fsp3) is 0.462.